The van der Waals surface area contributed by atoms with Crippen molar-refractivity contribution in [3.63, 3.8) is 0 Å². The zero-order valence-corrected chi connectivity index (χ0v) is 11.5. The van der Waals surface area contributed by atoms with Crippen molar-refractivity contribution >= 4 is 13.2 Å². The molecule has 1 aromatic heterocycles. The van der Waals surface area contributed by atoms with Gasteiger partial charge in [-0.1, -0.05) is 0 Å². The summed E-state index contributed by atoms with van der Waals surface area (Å²) in [5, 5.41) is 0. The lowest BCUT2D eigenvalue weighted by atomic mass is 9.87. The first-order valence-corrected chi connectivity index (χ1v) is 6.07. The topological polar surface area (TPSA) is 23.4 Å². The summed E-state index contributed by atoms with van der Waals surface area (Å²) in [5.41, 5.74) is -0.661. The van der Waals surface area contributed by atoms with E-state index < -0.39 is 24.0 Å². The van der Waals surface area contributed by atoms with Crippen molar-refractivity contribution in [1.82, 2.24) is 4.57 Å². The predicted molar refractivity (Wildman–Crippen MR) is 70.6 cm³/mol. The summed E-state index contributed by atoms with van der Waals surface area (Å²) in [4.78, 5) is 0. The molecule has 0 unspecified atom stereocenters. The molecule has 0 aliphatic carbocycles. The van der Waals surface area contributed by atoms with E-state index in [0.29, 0.717) is 0 Å². The lowest BCUT2D eigenvalue weighted by Gasteiger charge is -2.32. The number of aryl methyl sites for hydroxylation is 1. The normalized spacial score (nSPS) is 22.6. The van der Waals surface area contributed by atoms with Gasteiger partial charge in [-0.05, 0) is 45.9 Å². The minimum atomic E-state index is -0.926. The number of hydrogen-bond acceptors (Lipinski definition) is 2. The van der Waals surface area contributed by atoms with Gasteiger partial charge in [-0.3, -0.25) is 0 Å². The second-order valence-electron chi connectivity index (χ2n) is 5.66. The van der Waals surface area contributed by atoms with E-state index in [-0.39, 0.29) is 0 Å². The summed E-state index contributed by atoms with van der Waals surface area (Å²) < 4.78 is 27.3. The Hall–Kier alpha value is -1.07. The molecule has 98 valence electrons. The molecule has 0 N–H and O–H groups in total. The predicted octanol–water partition coefficient (Wildman–Crippen LogP) is 2.97. The van der Waals surface area contributed by atoms with Crippen LogP contribution in [0.4, 0.5) is 4.39 Å². The second-order valence-corrected chi connectivity index (χ2v) is 5.66. The Morgan fingerprint density at radius 2 is 1.83 bits per heavy atom. The van der Waals surface area contributed by atoms with Gasteiger partial charge in [0.05, 0.1) is 11.2 Å². The van der Waals surface area contributed by atoms with Crippen LogP contribution in [0.5, 0.6) is 0 Å². The highest BCUT2D eigenvalue weighted by molar-refractivity contribution is 6.54. The lowest BCUT2D eigenvalue weighted by molar-refractivity contribution is 0.00578. The first-order valence-electron chi connectivity index (χ1n) is 6.07. The van der Waals surface area contributed by atoms with E-state index in [1.165, 1.54) is 6.08 Å². The fraction of sp³-hybridized carbons (Fsp3) is 0.538. The van der Waals surface area contributed by atoms with Gasteiger partial charge in [0.2, 0.25) is 0 Å². The van der Waals surface area contributed by atoms with Crippen molar-refractivity contribution in [2.24, 2.45) is 7.05 Å². The van der Waals surface area contributed by atoms with Crippen LogP contribution in [0.15, 0.2) is 24.1 Å². The van der Waals surface area contributed by atoms with Gasteiger partial charge in [0, 0.05) is 18.9 Å². The average molecular weight is 251 g/mol. The van der Waals surface area contributed by atoms with Gasteiger partial charge in [0.1, 0.15) is 5.73 Å². The maximum Gasteiger partial charge on any atom is 0.525 e. The molecule has 3 nitrogen and oxygen atoms in total. The first-order chi connectivity index (χ1) is 8.23. The fourth-order valence-corrected chi connectivity index (χ4v) is 1.79. The fourth-order valence-electron chi connectivity index (χ4n) is 1.79. The minimum Gasteiger partial charge on any atom is -0.398 e. The van der Waals surface area contributed by atoms with Crippen LogP contribution < -0.4 is 0 Å². The molecule has 5 heteroatoms. The van der Waals surface area contributed by atoms with E-state index >= 15 is 0 Å². The second kappa shape index (κ2) is 4.25. The van der Waals surface area contributed by atoms with Crippen molar-refractivity contribution in [1.29, 1.82) is 0 Å². The Morgan fingerprint density at radius 1 is 1.28 bits per heavy atom. The molecule has 0 spiro atoms. The lowest BCUT2D eigenvalue weighted by Crippen LogP contribution is -2.41. The molecule has 0 saturated carbocycles. The zero-order valence-electron chi connectivity index (χ0n) is 11.5. The highest BCUT2D eigenvalue weighted by Crippen LogP contribution is 2.38. The average Bonchev–Trinajstić information content (AvgIpc) is 2.70. The highest BCUT2D eigenvalue weighted by Gasteiger charge is 2.53. The Labute approximate surface area is 108 Å². The largest absolute Gasteiger partial charge is 0.525 e. The Balaban J connectivity index is 2.20. The van der Waals surface area contributed by atoms with Gasteiger partial charge >= 0.3 is 7.12 Å². The van der Waals surface area contributed by atoms with Gasteiger partial charge in [0.15, 0.2) is 0 Å². The van der Waals surface area contributed by atoms with E-state index in [1.54, 1.807) is 0 Å². The van der Waals surface area contributed by atoms with E-state index in [2.05, 4.69) is 0 Å². The van der Waals surface area contributed by atoms with Crippen molar-refractivity contribution < 1.29 is 13.7 Å². The molecule has 0 atom stereocenters. The molecule has 0 radical (unpaired) electrons. The van der Waals surface area contributed by atoms with Crippen molar-refractivity contribution in [3.8, 4) is 0 Å². The smallest absolute Gasteiger partial charge is 0.398 e. The van der Waals surface area contributed by atoms with Crippen LogP contribution in [-0.2, 0) is 16.4 Å². The van der Waals surface area contributed by atoms with Crippen LogP contribution in [0.3, 0.4) is 0 Å². The van der Waals surface area contributed by atoms with Crippen LogP contribution >= 0.6 is 0 Å². The quantitative estimate of drug-likeness (QED) is 0.754. The summed E-state index contributed by atoms with van der Waals surface area (Å²) in [6.07, 6.45) is 3.31. The molecule has 18 heavy (non-hydrogen) atoms. The molecule has 0 aromatic carbocycles. The monoisotopic (exact) mass is 251 g/mol. The molecule has 2 heterocycles. The van der Waals surface area contributed by atoms with E-state index in [1.807, 2.05) is 57.6 Å². The molecule has 0 amide bonds. The highest BCUT2D eigenvalue weighted by atomic mass is 19.1. The third-order valence-corrected chi connectivity index (χ3v) is 3.75. The number of rotatable bonds is 2. The van der Waals surface area contributed by atoms with Gasteiger partial charge in [-0.15, -0.1) is 0 Å². The number of hydrogen-bond donors (Lipinski definition) is 0. The summed E-state index contributed by atoms with van der Waals surface area (Å²) in [7, 11) is 0.938. The van der Waals surface area contributed by atoms with Gasteiger partial charge in [-0.2, -0.15) is 0 Å². The zero-order chi connectivity index (χ0) is 13.6. The maximum absolute atomic E-state index is 14.1. The molecular weight excluding hydrogens is 232 g/mol. The molecule has 2 rings (SSSR count). The summed E-state index contributed by atoms with van der Waals surface area (Å²) in [6, 6.07) is 3.70. The van der Waals surface area contributed by atoms with Crippen LogP contribution in [0, 0.1) is 0 Å². The first kappa shape index (κ1) is 13.4. The third-order valence-electron chi connectivity index (χ3n) is 3.75. The Bertz CT molecular complexity index is 463. The SMILES string of the molecule is Cn1cccc1C=C(F)B1OC(C)(C)C(C)(C)O1. The Morgan fingerprint density at radius 3 is 2.28 bits per heavy atom. The molecule has 1 fully saturated rings. The van der Waals surface area contributed by atoms with E-state index in [4.69, 9.17) is 9.31 Å². The number of aromatic nitrogens is 1. The van der Waals surface area contributed by atoms with Crippen LogP contribution in [0.25, 0.3) is 6.08 Å². The maximum atomic E-state index is 14.1. The van der Waals surface area contributed by atoms with Crippen LogP contribution in [0.2, 0.25) is 0 Å². The molecule has 1 saturated heterocycles. The van der Waals surface area contributed by atoms with E-state index in [0.717, 1.165) is 5.69 Å². The summed E-state index contributed by atoms with van der Waals surface area (Å²) >= 11 is 0. The van der Waals surface area contributed by atoms with E-state index in [9.17, 15) is 4.39 Å². The van der Waals surface area contributed by atoms with Crippen LogP contribution in [-0.4, -0.2) is 22.9 Å². The molecule has 1 aliphatic heterocycles. The minimum absolute atomic E-state index is 0.407. The molecule has 1 aromatic rings. The molecule has 0 bridgehead atoms. The van der Waals surface area contributed by atoms with Gasteiger partial charge < -0.3 is 13.9 Å². The summed E-state index contributed by atoms with van der Waals surface area (Å²) in [5.74, 6) is 0. The van der Waals surface area contributed by atoms with Crippen molar-refractivity contribution in [2.75, 3.05) is 0 Å². The van der Waals surface area contributed by atoms with Crippen LogP contribution in [0.1, 0.15) is 33.4 Å². The van der Waals surface area contributed by atoms with Gasteiger partial charge in [-0.25, -0.2) is 4.39 Å². The summed E-state index contributed by atoms with van der Waals surface area (Å²) in [6.45, 7) is 7.62. The third kappa shape index (κ3) is 2.25. The molecular formula is C13H19BFNO2. The number of nitrogens with zero attached hydrogens (tertiary/aromatic N) is 1. The van der Waals surface area contributed by atoms with Gasteiger partial charge in [0.25, 0.3) is 0 Å². The molecule has 1 aliphatic rings. The van der Waals surface area contributed by atoms with Crippen molar-refractivity contribution in [3.05, 3.63) is 29.7 Å². The Kier molecular flexibility index (Phi) is 3.15. The standard InChI is InChI=1S/C13H19BFNO2/c1-12(2)13(3,4)18-14(17-12)11(15)9-10-7-6-8-16(10)5/h6-9H,1-5H3. The van der Waals surface area contributed by atoms with Crippen molar-refractivity contribution in [2.45, 2.75) is 38.9 Å². The number of halogens is 1.